The van der Waals surface area contributed by atoms with Crippen molar-refractivity contribution in [1.29, 1.82) is 0 Å². The summed E-state index contributed by atoms with van der Waals surface area (Å²) in [6, 6.07) is 17.0. The quantitative estimate of drug-likeness (QED) is 0.663. The Hall–Kier alpha value is -2.06. The minimum absolute atomic E-state index is 0.696. The lowest BCUT2D eigenvalue weighted by atomic mass is 10.2. The number of hydrogen-bond acceptors (Lipinski definition) is 2. The predicted molar refractivity (Wildman–Crippen MR) is 73.3 cm³/mol. The van der Waals surface area contributed by atoms with Gasteiger partial charge in [-0.2, -0.15) is 0 Å². The molecular formula is C15H10ClNO. The van der Waals surface area contributed by atoms with Gasteiger partial charge in [0, 0.05) is 16.6 Å². The summed E-state index contributed by atoms with van der Waals surface area (Å²) >= 11 is 5.84. The van der Waals surface area contributed by atoms with E-state index in [1.165, 1.54) is 0 Å². The van der Waals surface area contributed by atoms with Crippen molar-refractivity contribution in [3.05, 3.63) is 65.8 Å². The smallest absolute Gasteiger partial charge is 0.136 e. The molecule has 0 saturated heterocycles. The topological polar surface area (TPSA) is 22.1 Å². The van der Waals surface area contributed by atoms with E-state index in [4.69, 9.17) is 16.3 Å². The van der Waals surface area contributed by atoms with Crippen LogP contribution in [-0.2, 0) is 0 Å². The molecule has 0 aliphatic carbocycles. The average Bonchev–Trinajstić information content (AvgIpc) is 2.42. The number of benzene rings is 2. The molecule has 0 N–H and O–H groups in total. The van der Waals surface area contributed by atoms with Gasteiger partial charge in [-0.1, -0.05) is 17.7 Å². The summed E-state index contributed by atoms with van der Waals surface area (Å²) in [7, 11) is 0. The zero-order valence-electron chi connectivity index (χ0n) is 9.51. The second-order valence-electron chi connectivity index (χ2n) is 3.88. The van der Waals surface area contributed by atoms with E-state index >= 15 is 0 Å². The zero-order chi connectivity index (χ0) is 12.4. The number of ether oxygens (including phenoxy) is 1. The van der Waals surface area contributed by atoms with Crippen molar-refractivity contribution in [2.75, 3.05) is 0 Å². The number of fused-ring (bicyclic) bond motifs is 1. The fraction of sp³-hybridized carbons (Fsp3) is 0. The van der Waals surface area contributed by atoms with Crippen LogP contribution >= 0.6 is 11.6 Å². The van der Waals surface area contributed by atoms with Gasteiger partial charge >= 0.3 is 0 Å². The minimum atomic E-state index is 0.696. The maximum atomic E-state index is 5.85. The van der Waals surface area contributed by atoms with Crippen LogP contribution in [0.2, 0.25) is 5.02 Å². The van der Waals surface area contributed by atoms with Crippen molar-refractivity contribution >= 4 is 22.5 Å². The van der Waals surface area contributed by atoms with Gasteiger partial charge in [-0.15, -0.1) is 0 Å². The fourth-order valence-corrected chi connectivity index (χ4v) is 1.92. The molecule has 3 heteroatoms. The van der Waals surface area contributed by atoms with E-state index in [0.29, 0.717) is 5.02 Å². The van der Waals surface area contributed by atoms with Crippen LogP contribution in [0.5, 0.6) is 11.5 Å². The first kappa shape index (κ1) is 11.1. The second-order valence-corrected chi connectivity index (χ2v) is 4.32. The van der Waals surface area contributed by atoms with E-state index < -0.39 is 0 Å². The highest BCUT2D eigenvalue weighted by Crippen LogP contribution is 2.29. The Morgan fingerprint density at radius 3 is 2.56 bits per heavy atom. The molecule has 0 unspecified atom stereocenters. The molecule has 1 aromatic heterocycles. The Morgan fingerprint density at radius 2 is 1.72 bits per heavy atom. The highest BCUT2D eigenvalue weighted by Gasteiger charge is 2.03. The Bertz CT molecular complexity index is 674. The van der Waals surface area contributed by atoms with Crippen LogP contribution in [0.1, 0.15) is 0 Å². The van der Waals surface area contributed by atoms with Gasteiger partial charge in [0.15, 0.2) is 0 Å². The minimum Gasteiger partial charge on any atom is -0.457 e. The number of nitrogens with zero attached hydrogens (tertiary/aromatic N) is 1. The molecule has 2 nitrogen and oxygen atoms in total. The Morgan fingerprint density at radius 1 is 0.889 bits per heavy atom. The molecule has 0 aliphatic heterocycles. The van der Waals surface area contributed by atoms with Gasteiger partial charge in [0.05, 0.1) is 5.52 Å². The second kappa shape index (κ2) is 4.67. The van der Waals surface area contributed by atoms with E-state index in [1.54, 1.807) is 18.3 Å². The van der Waals surface area contributed by atoms with E-state index in [2.05, 4.69) is 4.98 Å². The molecule has 3 aromatic rings. The number of aromatic nitrogens is 1. The first-order valence-electron chi connectivity index (χ1n) is 5.60. The lowest BCUT2D eigenvalue weighted by molar-refractivity contribution is 0.488. The van der Waals surface area contributed by atoms with Gasteiger partial charge < -0.3 is 4.74 Å². The zero-order valence-corrected chi connectivity index (χ0v) is 10.3. The van der Waals surface area contributed by atoms with Crippen LogP contribution in [0.3, 0.4) is 0 Å². The number of rotatable bonds is 2. The maximum absolute atomic E-state index is 5.85. The van der Waals surface area contributed by atoms with Gasteiger partial charge in [0.2, 0.25) is 0 Å². The molecule has 0 atom stereocenters. The normalized spacial score (nSPS) is 10.5. The van der Waals surface area contributed by atoms with Crippen LogP contribution in [0.15, 0.2) is 60.8 Å². The van der Waals surface area contributed by atoms with Gasteiger partial charge in [0.1, 0.15) is 11.5 Å². The van der Waals surface area contributed by atoms with Crippen molar-refractivity contribution in [2.45, 2.75) is 0 Å². The molecule has 0 bridgehead atoms. The Labute approximate surface area is 110 Å². The molecule has 0 aliphatic rings. The van der Waals surface area contributed by atoms with Crippen molar-refractivity contribution in [3.8, 4) is 11.5 Å². The maximum Gasteiger partial charge on any atom is 0.136 e. The molecule has 88 valence electrons. The molecule has 0 fully saturated rings. The summed E-state index contributed by atoms with van der Waals surface area (Å²) in [4.78, 5) is 4.30. The van der Waals surface area contributed by atoms with Crippen molar-refractivity contribution in [1.82, 2.24) is 4.98 Å². The van der Waals surface area contributed by atoms with Gasteiger partial charge in [0.25, 0.3) is 0 Å². The summed E-state index contributed by atoms with van der Waals surface area (Å²) < 4.78 is 5.85. The summed E-state index contributed by atoms with van der Waals surface area (Å²) in [6.45, 7) is 0. The summed E-state index contributed by atoms with van der Waals surface area (Å²) in [6.07, 6.45) is 1.77. The third-order valence-electron chi connectivity index (χ3n) is 2.65. The Balaban J connectivity index is 2.02. The van der Waals surface area contributed by atoms with Crippen LogP contribution in [0.4, 0.5) is 0 Å². The van der Waals surface area contributed by atoms with E-state index in [-0.39, 0.29) is 0 Å². The molecule has 2 aromatic carbocycles. The average molecular weight is 256 g/mol. The van der Waals surface area contributed by atoms with Crippen LogP contribution in [0.25, 0.3) is 10.9 Å². The fourth-order valence-electron chi connectivity index (χ4n) is 1.79. The molecule has 0 saturated carbocycles. The largest absolute Gasteiger partial charge is 0.457 e. The molecule has 18 heavy (non-hydrogen) atoms. The van der Waals surface area contributed by atoms with Gasteiger partial charge in [-0.05, 0) is 48.5 Å². The first-order valence-corrected chi connectivity index (χ1v) is 5.98. The predicted octanol–water partition coefficient (Wildman–Crippen LogP) is 4.68. The van der Waals surface area contributed by atoms with Gasteiger partial charge in [-0.3, -0.25) is 4.98 Å². The van der Waals surface area contributed by atoms with Gasteiger partial charge in [-0.25, -0.2) is 0 Å². The first-order chi connectivity index (χ1) is 8.83. The third kappa shape index (κ3) is 2.15. The highest BCUT2D eigenvalue weighted by atomic mass is 35.5. The van der Waals surface area contributed by atoms with Crippen molar-refractivity contribution < 1.29 is 4.74 Å². The van der Waals surface area contributed by atoms with E-state index in [1.807, 2.05) is 42.5 Å². The summed E-state index contributed by atoms with van der Waals surface area (Å²) in [5.74, 6) is 1.55. The van der Waals surface area contributed by atoms with Crippen LogP contribution < -0.4 is 4.74 Å². The third-order valence-corrected chi connectivity index (χ3v) is 2.90. The summed E-state index contributed by atoms with van der Waals surface area (Å²) in [5, 5.41) is 1.69. The monoisotopic (exact) mass is 255 g/mol. The molecule has 0 amide bonds. The van der Waals surface area contributed by atoms with Crippen LogP contribution in [-0.4, -0.2) is 4.98 Å². The molecule has 0 radical (unpaired) electrons. The molecule has 1 heterocycles. The number of halogens is 1. The van der Waals surface area contributed by atoms with Crippen molar-refractivity contribution in [3.63, 3.8) is 0 Å². The molecular weight excluding hydrogens is 246 g/mol. The van der Waals surface area contributed by atoms with E-state index in [9.17, 15) is 0 Å². The lowest BCUT2D eigenvalue weighted by Gasteiger charge is -2.08. The molecule has 0 spiro atoms. The Kier molecular flexibility index (Phi) is 2.87. The molecule has 3 rings (SSSR count). The highest BCUT2D eigenvalue weighted by molar-refractivity contribution is 6.30. The SMILES string of the molecule is Clc1ccc(Oc2cccc3ncccc23)cc1. The lowest BCUT2D eigenvalue weighted by Crippen LogP contribution is -1.86. The standard InChI is InChI=1S/C15H10ClNO/c16-11-6-8-12(9-7-11)18-15-5-1-4-14-13(15)3-2-10-17-14/h1-10H. The number of hydrogen-bond donors (Lipinski definition) is 0. The van der Waals surface area contributed by atoms with Crippen LogP contribution in [0, 0.1) is 0 Å². The van der Waals surface area contributed by atoms with Crippen molar-refractivity contribution in [2.24, 2.45) is 0 Å². The number of pyridine rings is 1. The van der Waals surface area contributed by atoms with E-state index in [0.717, 1.165) is 22.4 Å². The summed E-state index contributed by atoms with van der Waals surface area (Å²) in [5.41, 5.74) is 0.920.